The molecule has 2 aliphatic rings. The fraction of sp³-hybridized carbons (Fsp3) is 0.200. The number of hydrogen-bond donors (Lipinski definition) is 0. The monoisotopic (exact) mass is 415 g/mol. The van der Waals surface area contributed by atoms with E-state index in [0.717, 1.165) is 22.4 Å². The first-order valence-corrected chi connectivity index (χ1v) is 10.2. The molecule has 1 amide bonds. The highest BCUT2D eigenvalue weighted by atomic mass is 16.7. The van der Waals surface area contributed by atoms with Crippen LogP contribution >= 0.6 is 0 Å². The van der Waals surface area contributed by atoms with Crippen molar-refractivity contribution in [1.82, 2.24) is 0 Å². The van der Waals surface area contributed by atoms with Crippen LogP contribution in [0, 0.1) is 0 Å². The summed E-state index contributed by atoms with van der Waals surface area (Å²) in [6.45, 7) is 0.514. The first-order valence-electron chi connectivity index (χ1n) is 10.2. The molecule has 3 aromatic carbocycles. The lowest BCUT2D eigenvalue weighted by atomic mass is 10.0. The predicted molar refractivity (Wildman–Crippen MR) is 115 cm³/mol. The van der Waals surface area contributed by atoms with Gasteiger partial charge in [-0.2, -0.15) is 0 Å². The molecular formula is C25H21NO5. The van der Waals surface area contributed by atoms with Crippen molar-refractivity contribution in [3.63, 3.8) is 0 Å². The van der Waals surface area contributed by atoms with Crippen molar-refractivity contribution in [2.75, 3.05) is 11.7 Å². The van der Waals surface area contributed by atoms with E-state index in [1.807, 2.05) is 72.8 Å². The molecule has 31 heavy (non-hydrogen) atoms. The number of carbonyl (C=O) groups is 2. The molecule has 0 N–H and O–H groups in total. The molecule has 1 saturated heterocycles. The summed E-state index contributed by atoms with van der Waals surface area (Å²) in [6, 6.07) is 23.4. The zero-order valence-corrected chi connectivity index (χ0v) is 16.8. The normalized spacial score (nSPS) is 16.8. The summed E-state index contributed by atoms with van der Waals surface area (Å²) in [7, 11) is 0. The fourth-order valence-electron chi connectivity index (χ4n) is 3.88. The Balaban J connectivity index is 1.49. The van der Waals surface area contributed by atoms with E-state index >= 15 is 0 Å². The number of cyclic esters (lactones) is 1. The number of esters is 1. The van der Waals surface area contributed by atoms with E-state index in [2.05, 4.69) is 0 Å². The number of carbonyl (C=O) groups excluding carboxylic acids is 2. The van der Waals surface area contributed by atoms with E-state index in [0.29, 0.717) is 24.5 Å². The van der Waals surface area contributed by atoms with E-state index in [1.165, 1.54) is 0 Å². The van der Waals surface area contributed by atoms with Gasteiger partial charge in [-0.25, -0.2) is 0 Å². The second kappa shape index (κ2) is 8.14. The number of anilines is 1. The van der Waals surface area contributed by atoms with E-state index in [-0.39, 0.29) is 25.1 Å². The van der Waals surface area contributed by atoms with Crippen molar-refractivity contribution in [1.29, 1.82) is 0 Å². The Kier molecular flexibility index (Phi) is 5.04. The number of amides is 1. The zero-order valence-electron chi connectivity index (χ0n) is 16.8. The lowest BCUT2D eigenvalue weighted by Crippen LogP contribution is -2.38. The Morgan fingerprint density at radius 2 is 1.71 bits per heavy atom. The minimum absolute atomic E-state index is 0.193. The number of benzene rings is 3. The van der Waals surface area contributed by atoms with Gasteiger partial charge in [-0.05, 0) is 41.0 Å². The Morgan fingerprint density at radius 1 is 0.903 bits per heavy atom. The van der Waals surface area contributed by atoms with Crippen LogP contribution in [-0.4, -0.2) is 24.8 Å². The van der Waals surface area contributed by atoms with Crippen molar-refractivity contribution in [2.45, 2.75) is 25.5 Å². The van der Waals surface area contributed by atoms with Gasteiger partial charge in [0.1, 0.15) is 0 Å². The Morgan fingerprint density at radius 3 is 2.52 bits per heavy atom. The van der Waals surface area contributed by atoms with Gasteiger partial charge >= 0.3 is 5.97 Å². The van der Waals surface area contributed by atoms with Crippen molar-refractivity contribution in [2.24, 2.45) is 0 Å². The number of fused-ring (bicyclic) bond motifs is 1. The van der Waals surface area contributed by atoms with Crippen LogP contribution in [0.15, 0.2) is 72.8 Å². The van der Waals surface area contributed by atoms with Gasteiger partial charge in [0, 0.05) is 18.5 Å². The summed E-state index contributed by atoms with van der Waals surface area (Å²) >= 11 is 0. The molecule has 156 valence electrons. The molecule has 0 saturated carbocycles. The van der Waals surface area contributed by atoms with Gasteiger partial charge in [0.25, 0.3) is 5.91 Å². The Labute approximate surface area is 180 Å². The second-order valence-electron chi connectivity index (χ2n) is 7.55. The van der Waals surface area contributed by atoms with Crippen molar-refractivity contribution in [3.8, 4) is 22.6 Å². The van der Waals surface area contributed by atoms with Crippen molar-refractivity contribution < 1.29 is 23.8 Å². The average Bonchev–Trinajstić information content (AvgIpc) is 3.46. The molecule has 0 radical (unpaired) electrons. The Bertz CT molecular complexity index is 1130. The van der Waals surface area contributed by atoms with Crippen LogP contribution in [0.3, 0.4) is 0 Å². The molecule has 0 bridgehead atoms. The molecule has 0 aromatic heterocycles. The fourth-order valence-corrected chi connectivity index (χ4v) is 3.88. The van der Waals surface area contributed by atoms with Crippen LogP contribution in [0.4, 0.5) is 5.69 Å². The average molecular weight is 415 g/mol. The molecule has 6 heteroatoms. The minimum Gasteiger partial charge on any atom is -0.454 e. The molecule has 6 nitrogen and oxygen atoms in total. The van der Waals surface area contributed by atoms with E-state index in [4.69, 9.17) is 14.2 Å². The van der Waals surface area contributed by atoms with Gasteiger partial charge in [-0.3, -0.25) is 9.59 Å². The van der Waals surface area contributed by atoms with Crippen LogP contribution < -0.4 is 14.4 Å². The van der Waals surface area contributed by atoms with Gasteiger partial charge in [0.15, 0.2) is 17.6 Å². The summed E-state index contributed by atoms with van der Waals surface area (Å²) in [5.41, 5.74) is 3.70. The standard InChI is InChI=1S/C25H21NO5/c27-24-12-11-22(31-24)25(28)26(15-17-9-10-21-23(13-17)30-16-29-21)20-8-4-7-19(14-20)18-5-2-1-3-6-18/h1-10,13-14,22H,11-12,15-16H2/t22-/m1/s1. The molecule has 0 spiro atoms. The molecule has 1 fully saturated rings. The molecule has 5 rings (SSSR count). The van der Waals surface area contributed by atoms with Crippen LogP contribution in [0.25, 0.3) is 11.1 Å². The molecule has 3 aromatic rings. The molecule has 1 atom stereocenters. The van der Waals surface area contributed by atoms with Gasteiger partial charge in [0.2, 0.25) is 6.79 Å². The summed E-state index contributed by atoms with van der Waals surface area (Å²) in [4.78, 5) is 26.7. The van der Waals surface area contributed by atoms with Crippen LogP contribution in [0.5, 0.6) is 11.5 Å². The van der Waals surface area contributed by atoms with E-state index in [9.17, 15) is 9.59 Å². The zero-order chi connectivity index (χ0) is 21.2. The Hall–Kier alpha value is -3.80. The van der Waals surface area contributed by atoms with Crippen molar-refractivity contribution in [3.05, 3.63) is 78.4 Å². The summed E-state index contributed by atoms with van der Waals surface area (Å²) in [5.74, 6) is 0.792. The van der Waals surface area contributed by atoms with Crippen LogP contribution in [0.2, 0.25) is 0 Å². The maximum absolute atomic E-state index is 13.4. The molecular weight excluding hydrogens is 394 g/mol. The highest BCUT2D eigenvalue weighted by molar-refractivity contribution is 5.99. The molecule has 2 aliphatic heterocycles. The van der Waals surface area contributed by atoms with Crippen molar-refractivity contribution >= 4 is 17.6 Å². The maximum atomic E-state index is 13.4. The van der Waals surface area contributed by atoms with Gasteiger partial charge < -0.3 is 19.1 Å². The first-order chi connectivity index (χ1) is 15.2. The SMILES string of the molecule is O=C1CC[C@H](C(=O)N(Cc2ccc3c(c2)OCO3)c2cccc(-c3ccccc3)c2)O1. The first kappa shape index (κ1) is 19.2. The summed E-state index contributed by atoms with van der Waals surface area (Å²) in [6.07, 6.45) is -0.103. The number of ether oxygens (including phenoxy) is 3. The lowest BCUT2D eigenvalue weighted by Gasteiger charge is -2.26. The second-order valence-corrected chi connectivity index (χ2v) is 7.55. The summed E-state index contributed by atoms with van der Waals surface area (Å²) < 4.78 is 16.1. The smallest absolute Gasteiger partial charge is 0.306 e. The highest BCUT2D eigenvalue weighted by Crippen LogP contribution is 2.34. The topological polar surface area (TPSA) is 65.1 Å². The quantitative estimate of drug-likeness (QED) is 0.581. The lowest BCUT2D eigenvalue weighted by molar-refractivity contribution is -0.147. The largest absolute Gasteiger partial charge is 0.454 e. The number of nitrogens with zero attached hydrogens (tertiary/aromatic N) is 1. The molecule has 0 aliphatic carbocycles. The van der Waals surface area contributed by atoms with E-state index in [1.54, 1.807) is 4.90 Å². The van der Waals surface area contributed by atoms with Gasteiger partial charge in [-0.1, -0.05) is 48.5 Å². The predicted octanol–water partition coefficient (Wildman–Crippen LogP) is 4.32. The number of hydrogen-bond acceptors (Lipinski definition) is 5. The van der Waals surface area contributed by atoms with Crippen LogP contribution in [-0.2, 0) is 20.9 Å². The molecule has 2 heterocycles. The summed E-state index contributed by atoms with van der Waals surface area (Å²) in [5, 5.41) is 0. The van der Waals surface area contributed by atoms with E-state index < -0.39 is 6.10 Å². The number of rotatable bonds is 5. The maximum Gasteiger partial charge on any atom is 0.306 e. The van der Waals surface area contributed by atoms with Gasteiger partial charge in [-0.15, -0.1) is 0 Å². The molecule has 0 unspecified atom stereocenters. The third-order valence-electron chi connectivity index (χ3n) is 5.47. The van der Waals surface area contributed by atoms with Gasteiger partial charge in [0.05, 0.1) is 6.54 Å². The minimum atomic E-state index is -0.762. The third-order valence-corrected chi connectivity index (χ3v) is 5.47. The third kappa shape index (κ3) is 3.97. The van der Waals surface area contributed by atoms with Crippen LogP contribution in [0.1, 0.15) is 18.4 Å². The highest BCUT2D eigenvalue weighted by Gasteiger charge is 2.34.